The van der Waals surface area contributed by atoms with E-state index in [1.54, 1.807) is 32.2 Å². The van der Waals surface area contributed by atoms with Crippen LogP contribution in [0.5, 0.6) is 6.01 Å². The van der Waals surface area contributed by atoms with Crippen molar-refractivity contribution in [2.24, 2.45) is 0 Å². The SMILES string of the molecule is C=C1C=C(C(F)(F)F)C(C(=O)Nc2cc(-c3ccc(NC4CCCCC4)nc3)c(F)cc2N2CCN(C)CC2)=CN1.C=C1C=C(C(F)(F)F)C(C(=O)Nc2cc(-c3cnc(C)nc3)c(F)cc2N2CCN(C)CC2)=CN1.C=C1C=C(C(F)(F)F)C(C(=O)Nc2cc(-c3cnc(OCC)nc3)c(F)cc2N2CCN(C)CC2)=CN1. The molecular formula is C79H84F12N18O4. The van der Waals surface area contributed by atoms with Gasteiger partial charge in [0.15, 0.2) is 0 Å². The van der Waals surface area contributed by atoms with Gasteiger partial charge in [-0.15, -0.1) is 0 Å². The number of alkyl halides is 9. The topological polar surface area (TPSA) is 229 Å². The Bertz CT molecular complexity index is 4760. The first kappa shape index (κ1) is 82.4. The van der Waals surface area contributed by atoms with E-state index in [1.165, 1.54) is 80.4 Å². The number of likely N-dealkylation sites (N-methyl/N-ethyl adjacent to an activating group) is 3. The molecule has 1 saturated carbocycles. The smallest absolute Gasteiger partial charge is 0.417 e. The van der Waals surface area contributed by atoms with E-state index in [-0.39, 0.29) is 56.9 Å². The lowest BCUT2D eigenvalue weighted by molar-refractivity contribution is -0.115. The van der Waals surface area contributed by atoms with Crippen LogP contribution in [0, 0.1) is 24.4 Å². The molecule has 4 fully saturated rings. The highest BCUT2D eigenvalue weighted by atomic mass is 19.4. The molecule has 3 aromatic heterocycles. The average molecular weight is 1580 g/mol. The Labute approximate surface area is 644 Å². The third-order valence-corrected chi connectivity index (χ3v) is 19.6. The van der Waals surface area contributed by atoms with Gasteiger partial charge in [0, 0.05) is 185 Å². The van der Waals surface area contributed by atoms with E-state index in [0.717, 1.165) is 49.7 Å². The summed E-state index contributed by atoms with van der Waals surface area (Å²) in [5, 5.41) is 18.9. The van der Waals surface area contributed by atoms with Crippen molar-refractivity contribution < 1.29 is 71.8 Å². The van der Waals surface area contributed by atoms with Crippen molar-refractivity contribution in [1.82, 2.24) is 55.6 Å². The van der Waals surface area contributed by atoms with Crippen LogP contribution in [0.1, 0.15) is 44.9 Å². The maximum absolute atomic E-state index is 15.6. The van der Waals surface area contributed by atoms with Crippen LogP contribution in [-0.2, 0) is 14.4 Å². The maximum atomic E-state index is 15.6. The second-order valence-corrected chi connectivity index (χ2v) is 27.7. The summed E-state index contributed by atoms with van der Waals surface area (Å²) in [6.45, 7) is 21.9. The minimum Gasteiger partial charge on any atom is -0.464 e. The van der Waals surface area contributed by atoms with Crippen molar-refractivity contribution in [3.63, 3.8) is 0 Å². The molecule has 7 aliphatic rings. The first-order valence-corrected chi connectivity index (χ1v) is 36.2. The van der Waals surface area contributed by atoms with Gasteiger partial charge in [0.2, 0.25) is 0 Å². The van der Waals surface area contributed by atoms with Crippen molar-refractivity contribution >= 4 is 57.7 Å². The lowest BCUT2D eigenvalue weighted by atomic mass is 9.95. The van der Waals surface area contributed by atoms with Crippen molar-refractivity contribution in [3.8, 4) is 39.4 Å². The molecule has 3 aromatic carbocycles. The second kappa shape index (κ2) is 35.5. The number of ether oxygens (including phenoxy) is 1. The van der Waals surface area contributed by atoms with Crippen molar-refractivity contribution in [1.29, 1.82) is 0 Å². The van der Waals surface area contributed by atoms with Gasteiger partial charge in [-0.2, -0.15) is 39.5 Å². The predicted octanol–water partition coefficient (Wildman–Crippen LogP) is 13.4. The maximum Gasteiger partial charge on any atom is 0.417 e. The highest BCUT2D eigenvalue weighted by Gasteiger charge is 2.43. The summed E-state index contributed by atoms with van der Waals surface area (Å²) in [5.74, 6) is -3.42. The molecule has 113 heavy (non-hydrogen) atoms. The Morgan fingerprint density at radius 2 is 0.796 bits per heavy atom. The number of allylic oxidation sites excluding steroid dienone is 3. The van der Waals surface area contributed by atoms with E-state index in [0.29, 0.717) is 137 Å². The number of aryl methyl sites for hydroxylation is 1. The summed E-state index contributed by atoms with van der Waals surface area (Å²) < 4.78 is 174. The van der Waals surface area contributed by atoms with Crippen LogP contribution < -0.4 is 56.7 Å². The Balaban J connectivity index is 0.000000168. The van der Waals surface area contributed by atoms with Crippen LogP contribution in [0.3, 0.4) is 0 Å². The fourth-order valence-corrected chi connectivity index (χ4v) is 13.3. The van der Waals surface area contributed by atoms with E-state index in [1.807, 2.05) is 35.8 Å². The van der Waals surface area contributed by atoms with E-state index < -0.39 is 87.1 Å². The second-order valence-electron chi connectivity index (χ2n) is 27.7. The van der Waals surface area contributed by atoms with Gasteiger partial charge in [0.1, 0.15) is 29.1 Å². The van der Waals surface area contributed by atoms with E-state index >= 15 is 13.2 Å². The molecule has 13 rings (SSSR count). The normalized spacial score (nSPS) is 17.5. The Hall–Kier alpha value is -11.5. The van der Waals surface area contributed by atoms with Gasteiger partial charge >= 0.3 is 24.5 Å². The molecule has 6 aromatic rings. The number of rotatable bonds is 16. The van der Waals surface area contributed by atoms with Crippen molar-refractivity contribution in [2.45, 2.75) is 70.5 Å². The number of nitrogens with one attached hydrogen (secondary N) is 7. The molecule has 22 nitrogen and oxygen atoms in total. The monoisotopic (exact) mass is 1580 g/mol. The molecule has 0 atom stereocenters. The largest absolute Gasteiger partial charge is 0.464 e. The highest BCUT2D eigenvalue weighted by molar-refractivity contribution is 6.11. The molecule has 3 saturated heterocycles. The molecule has 34 heteroatoms. The van der Waals surface area contributed by atoms with Crippen LogP contribution >= 0.6 is 0 Å². The minimum atomic E-state index is -4.78. The number of dihydropyridines is 3. The molecule has 3 amide bonds. The Morgan fingerprint density at radius 3 is 1.12 bits per heavy atom. The number of piperazine rings is 3. The number of benzene rings is 3. The molecule has 6 aliphatic heterocycles. The molecule has 0 radical (unpaired) electrons. The number of halogens is 12. The lowest BCUT2D eigenvalue weighted by Gasteiger charge is -2.35. The van der Waals surface area contributed by atoms with Gasteiger partial charge in [-0.25, -0.2) is 38.1 Å². The zero-order valence-electron chi connectivity index (χ0n) is 62.5. The first-order valence-electron chi connectivity index (χ1n) is 36.2. The number of aromatic nitrogens is 5. The third kappa shape index (κ3) is 20.8. The molecule has 7 N–H and O–H groups in total. The molecule has 598 valence electrons. The van der Waals surface area contributed by atoms with Gasteiger partial charge in [0.25, 0.3) is 17.7 Å². The van der Waals surface area contributed by atoms with Gasteiger partial charge in [-0.3, -0.25) is 14.4 Å². The fourth-order valence-electron chi connectivity index (χ4n) is 13.3. The molecular weight excluding hydrogens is 1490 g/mol. The number of pyridine rings is 1. The van der Waals surface area contributed by atoms with E-state index in [9.17, 15) is 53.9 Å². The Morgan fingerprint density at radius 1 is 0.469 bits per heavy atom. The number of anilines is 7. The minimum absolute atomic E-state index is 0.00145. The van der Waals surface area contributed by atoms with Crippen molar-refractivity contribution in [3.05, 3.63) is 210 Å². The highest BCUT2D eigenvalue weighted by Crippen LogP contribution is 2.43. The molecule has 0 bridgehead atoms. The predicted molar refractivity (Wildman–Crippen MR) is 409 cm³/mol. The van der Waals surface area contributed by atoms with Crippen molar-refractivity contribution in [2.75, 3.05) is 142 Å². The van der Waals surface area contributed by atoms with Crippen LogP contribution in [0.15, 0.2) is 187 Å². The molecule has 0 unspecified atom stereocenters. The number of amides is 3. The zero-order chi connectivity index (χ0) is 81.2. The summed E-state index contributed by atoms with van der Waals surface area (Å²) in [5.41, 5.74) is -1.85. The van der Waals surface area contributed by atoms with Crippen LogP contribution in [0.4, 0.5) is 92.6 Å². The number of hydrogen-bond donors (Lipinski definition) is 7. The summed E-state index contributed by atoms with van der Waals surface area (Å²) in [7, 11) is 5.89. The van der Waals surface area contributed by atoms with Crippen LogP contribution in [0.25, 0.3) is 33.4 Å². The lowest BCUT2D eigenvalue weighted by Crippen LogP contribution is -2.44. The van der Waals surface area contributed by atoms with Crippen LogP contribution in [0.2, 0.25) is 0 Å². The summed E-state index contributed by atoms with van der Waals surface area (Å²) in [6.07, 6.45) is 3.93. The summed E-state index contributed by atoms with van der Waals surface area (Å²) >= 11 is 0. The molecule has 1 aliphatic carbocycles. The van der Waals surface area contributed by atoms with Gasteiger partial charge in [-0.1, -0.05) is 39.0 Å². The quantitative estimate of drug-likeness (QED) is 0.0447. The molecule has 0 spiro atoms. The third-order valence-electron chi connectivity index (χ3n) is 19.6. The number of carbonyl (C=O) groups excluding carboxylic acids is 3. The number of hydrogen-bond acceptors (Lipinski definition) is 19. The fraction of sp³-hybridized carbons (Fsp3) is 0.342. The summed E-state index contributed by atoms with van der Waals surface area (Å²) in [4.78, 5) is 72.2. The average Bonchev–Trinajstić information content (AvgIpc) is 0.788. The van der Waals surface area contributed by atoms with Crippen LogP contribution in [-0.4, -0.2) is 188 Å². The molecule has 9 heterocycles. The van der Waals surface area contributed by atoms with Gasteiger partial charge in [-0.05, 0) is 115 Å². The first-order chi connectivity index (χ1) is 53.7. The van der Waals surface area contributed by atoms with Gasteiger partial charge < -0.3 is 71.4 Å². The summed E-state index contributed by atoms with van der Waals surface area (Å²) in [6, 6.07) is 12.2. The number of carbonyl (C=O) groups is 3. The zero-order valence-corrected chi connectivity index (χ0v) is 62.5. The van der Waals surface area contributed by atoms with E-state index in [4.69, 9.17) is 4.74 Å². The Kier molecular flexibility index (Phi) is 25.9. The van der Waals surface area contributed by atoms with Gasteiger partial charge in [0.05, 0.1) is 74.2 Å². The standard InChI is InChI=1S/C30H34F4N6O.C25H26F4N6O2.C24H24F4N6O/c1-19-14-24(30(32,33)34)23(18-35-19)29(41)38-26-15-22(25(31)16-27(26)40-12-10-39(2)11-13-40)20-8-9-28(36-17-20)37-21-6-4-3-5-7-21;1-4-37-24-31-12-16(13-32-24)17-10-21(22(11-20(17)26)35-7-5-34(3)6-8-35)33-23(36)18-14-30-15(2)9-19(18)25(27,28)29;1-14-8-19(24(26,27)28)18(13-29-14)23(35)32-21-9-17(16-11-30-15(2)31-12-16)20(25)10-22(21)34-6-4-33(3)5-7-34/h8-9,14-18,21,35H,1,3-7,10-13H2,2H3,(H,36,37)(H,38,41);9-14,30H,2,4-8H2,1,3H3,(H,33,36);8-13,29H,1,4-7H2,2-3H3,(H,32,35). The van der Waals surface area contributed by atoms with E-state index in [2.05, 4.69) is 96.6 Å². The number of nitrogens with zero attached hydrogens (tertiary/aromatic N) is 11.